The Morgan fingerprint density at radius 1 is 1.15 bits per heavy atom. The normalized spacial score (nSPS) is 13.9. The molecular formula is C24H24BrN3O6. The first-order chi connectivity index (χ1) is 16.0. The molecule has 0 radical (unpaired) electrons. The maximum atomic E-state index is 11.5. The summed E-state index contributed by atoms with van der Waals surface area (Å²) in [7, 11) is 5.06. The molecule has 0 atom stereocenters. The monoisotopic (exact) mass is 529 g/mol. The average molecular weight is 530 g/mol. The first-order valence-electron chi connectivity index (χ1n) is 10.6. The third-order valence-electron chi connectivity index (χ3n) is 6.11. The van der Waals surface area contributed by atoms with E-state index in [1.165, 1.54) is 6.20 Å². The molecule has 3 heterocycles. The molecule has 0 saturated carbocycles. The summed E-state index contributed by atoms with van der Waals surface area (Å²) in [5.41, 5.74) is 4.75. The number of hydrogen-bond acceptors (Lipinski definition) is 6. The van der Waals surface area contributed by atoms with E-state index in [4.69, 9.17) is 18.9 Å². The van der Waals surface area contributed by atoms with Crippen molar-refractivity contribution in [2.24, 2.45) is 7.05 Å². The smallest absolute Gasteiger partial charge is 0.287 e. The fourth-order valence-corrected chi connectivity index (χ4v) is 4.57. The van der Waals surface area contributed by atoms with E-state index in [-0.39, 0.29) is 34.4 Å². The van der Waals surface area contributed by atoms with E-state index in [1.807, 2.05) is 37.4 Å². The van der Waals surface area contributed by atoms with Gasteiger partial charge in [0.15, 0.2) is 29.5 Å². The number of hydrogen-bond donors (Lipinski definition) is 0. The number of halogens is 1. The summed E-state index contributed by atoms with van der Waals surface area (Å²) in [6, 6.07) is 11.4. The lowest BCUT2D eigenvalue weighted by Crippen LogP contribution is -3.00. The third kappa shape index (κ3) is 3.98. The van der Waals surface area contributed by atoms with Crippen molar-refractivity contribution in [3.63, 3.8) is 0 Å². The van der Waals surface area contributed by atoms with Crippen LogP contribution in [-0.4, -0.2) is 47.3 Å². The summed E-state index contributed by atoms with van der Waals surface area (Å²) in [6.07, 6.45) is 2.34. The van der Waals surface area contributed by atoms with Crippen LogP contribution in [0.25, 0.3) is 0 Å². The molecule has 0 unspecified atom stereocenters. The minimum Gasteiger partial charge on any atom is -1.00 e. The Morgan fingerprint density at radius 3 is 2.59 bits per heavy atom. The van der Waals surface area contributed by atoms with E-state index in [0.717, 1.165) is 46.8 Å². The van der Waals surface area contributed by atoms with E-state index in [2.05, 4.69) is 4.58 Å². The van der Waals surface area contributed by atoms with Gasteiger partial charge in [-0.15, -0.1) is 0 Å². The van der Waals surface area contributed by atoms with Gasteiger partial charge in [-0.3, -0.25) is 10.1 Å². The molecule has 0 bridgehead atoms. The highest BCUT2D eigenvalue weighted by Gasteiger charge is 2.34. The lowest BCUT2D eigenvalue weighted by atomic mass is 9.93. The highest BCUT2D eigenvalue weighted by Crippen LogP contribution is 2.38. The van der Waals surface area contributed by atoms with Crippen molar-refractivity contribution in [2.75, 3.05) is 27.6 Å². The van der Waals surface area contributed by atoms with Crippen molar-refractivity contribution in [3.8, 4) is 23.0 Å². The van der Waals surface area contributed by atoms with Crippen molar-refractivity contribution in [1.29, 1.82) is 0 Å². The quantitative estimate of drug-likeness (QED) is 0.259. The van der Waals surface area contributed by atoms with Gasteiger partial charge in [0, 0.05) is 19.5 Å². The molecule has 2 aromatic carbocycles. The van der Waals surface area contributed by atoms with Gasteiger partial charge in [-0.05, 0) is 29.8 Å². The van der Waals surface area contributed by atoms with Gasteiger partial charge in [0.2, 0.25) is 12.5 Å². The Balaban J connectivity index is 0.00000274. The van der Waals surface area contributed by atoms with Gasteiger partial charge in [0.25, 0.3) is 5.69 Å². The van der Waals surface area contributed by atoms with Gasteiger partial charge < -0.3 is 40.5 Å². The predicted octanol–water partition coefficient (Wildman–Crippen LogP) is 0.289. The largest absolute Gasteiger partial charge is 1.00 e. The molecular weight excluding hydrogens is 506 g/mol. The maximum absolute atomic E-state index is 11.5. The Labute approximate surface area is 207 Å². The molecule has 0 aliphatic carbocycles. The molecule has 0 N–H and O–H groups in total. The van der Waals surface area contributed by atoms with Crippen LogP contribution in [0.1, 0.15) is 22.4 Å². The molecule has 2 aliphatic heterocycles. The number of nitro groups is 1. The first kappa shape index (κ1) is 23.6. The second-order valence-electron chi connectivity index (χ2n) is 7.99. The minimum absolute atomic E-state index is 0. The Hall–Kier alpha value is -3.53. The number of para-hydroxylation sites is 1. The molecule has 1 aromatic heterocycles. The number of aryl methyl sites for hydroxylation is 1. The highest BCUT2D eigenvalue weighted by atomic mass is 79.9. The molecule has 0 saturated heterocycles. The molecule has 0 fully saturated rings. The van der Waals surface area contributed by atoms with Crippen LogP contribution < -0.4 is 35.9 Å². The molecule has 0 spiro atoms. The third-order valence-corrected chi connectivity index (χ3v) is 6.11. The van der Waals surface area contributed by atoms with Gasteiger partial charge in [-0.1, -0.05) is 6.07 Å². The van der Waals surface area contributed by atoms with E-state index in [0.29, 0.717) is 23.8 Å². The maximum Gasteiger partial charge on any atom is 0.287 e. The van der Waals surface area contributed by atoms with Gasteiger partial charge in [-0.2, -0.15) is 0 Å². The van der Waals surface area contributed by atoms with Crippen molar-refractivity contribution >= 4 is 11.4 Å². The fourth-order valence-electron chi connectivity index (χ4n) is 4.57. The Kier molecular flexibility index (Phi) is 6.52. The number of benzene rings is 2. The molecule has 5 rings (SSSR count). The van der Waals surface area contributed by atoms with Gasteiger partial charge in [0.1, 0.15) is 12.2 Å². The van der Waals surface area contributed by atoms with Gasteiger partial charge in [0.05, 0.1) is 36.5 Å². The summed E-state index contributed by atoms with van der Waals surface area (Å²) < 4.78 is 26.3. The van der Waals surface area contributed by atoms with Crippen LogP contribution in [0, 0.1) is 10.1 Å². The lowest BCUT2D eigenvalue weighted by molar-refractivity contribution is -0.544. The molecule has 178 valence electrons. The van der Waals surface area contributed by atoms with Crippen molar-refractivity contribution in [2.45, 2.75) is 13.0 Å². The highest BCUT2D eigenvalue weighted by molar-refractivity contribution is 6.10. The molecule has 0 amide bonds. The minimum atomic E-state index is -0.372. The molecule has 3 aromatic rings. The van der Waals surface area contributed by atoms with Crippen LogP contribution in [0.5, 0.6) is 23.0 Å². The van der Waals surface area contributed by atoms with E-state index in [9.17, 15) is 10.1 Å². The van der Waals surface area contributed by atoms with Crippen molar-refractivity contribution in [3.05, 3.63) is 75.1 Å². The first-order valence-corrected chi connectivity index (χ1v) is 10.6. The topological polar surface area (TPSA) is 88.0 Å². The zero-order valence-corrected chi connectivity index (χ0v) is 20.6. The number of ether oxygens (including phenoxy) is 4. The summed E-state index contributed by atoms with van der Waals surface area (Å²) in [4.78, 5) is 11.1. The second-order valence-corrected chi connectivity index (χ2v) is 7.99. The van der Waals surface area contributed by atoms with Crippen LogP contribution in [0.15, 0.2) is 42.6 Å². The fraction of sp³-hybridized carbons (Fsp3) is 0.292. The number of methoxy groups -OCH3 is 2. The number of rotatable bonds is 6. The molecule has 10 heteroatoms. The average Bonchev–Trinajstić information content (AvgIpc) is 3.43. The summed E-state index contributed by atoms with van der Waals surface area (Å²) >= 11 is 0. The predicted molar refractivity (Wildman–Crippen MR) is 120 cm³/mol. The summed E-state index contributed by atoms with van der Waals surface area (Å²) in [5, 5.41) is 11.5. The number of aromatic nitrogens is 1. The molecule has 2 aliphatic rings. The van der Waals surface area contributed by atoms with Crippen molar-refractivity contribution in [1.82, 2.24) is 4.57 Å². The zero-order valence-electron chi connectivity index (χ0n) is 19.0. The summed E-state index contributed by atoms with van der Waals surface area (Å²) in [5.74, 6) is 2.74. The Morgan fingerprint density at radius 2 is 1.91 bits per heavy atom. The van der Waals surface area contributed by atoms with E-state index >= 15 is 0 Å². The summed E-state index contributed by atoms with van der Waals surface area (Å²) in [6.45, 7) is 1.46. The number of fused-ring (bicyclic) bond motifs is 2. The Bertz CT molecular complexity index is 1300. The van der Waals surface area contributed by atoms with E-state index in [1.54, 1.807) is 24.9 Å². The van der Waals surface area contributed by atoms with Gasteiger partial charge >= 0.3 is 0 Å². The van der Waals surface area contributed by atoms with Gasteiger partial charge in [-0.25, -0.2) is 4.58 Å². The van der Waals surface area contributed by atoms with Crippen LogP contribution in [0.3, 0.4) is 0 Å². The van der Waals surface area contributed by atoms with Crippen LogP contribution >= 0.6 is 0 Å². The lowest BCUT2D eigenvalue weighted by Gasteiger charge is -2.20. The SMILES string of the molecule is COc1cccc(C[N+]2=C(c3cc([N+](=O)[O-])cn3C)c3cc4c(cc3CC2)OCO4)c1OC.[Br-]. The molecule has 34 heavy (non-hydrogen) atoms. The number of nitrogens with zero attached hydrogens (tertiary/aromatic N) is 3. The molecule has 9 nitrogen and oxygen atoms in total. The van der Waals surface area contributed by atoms with Crippen LogP contribution in [-0.2, 0) is 20.0 Å². The standard InChI is InChI=1S/C24H24N3O6.BrH/c1-25-13-17(27(28)29)10-19(25)23-18-11-22-21(32-14-33-22)9-15(18)7-8-26(23)12-16-5-4-6-20(30-2)24(16)31-3;/h4-6,9-11,13H,7-8,12,14H2,1-3H3;1H/q+1;/p-1. The van der Waals surface area contributed by atoms with Crippen LogP contribution in [0.2, 0.25) is 0 Å². The van der Waals surface area contributed by atoms with E-state index < -0.39 is 0 Å². The second kappa shape index (κ2) is 9.38. The van der Waals surface area contributed by atoms with Crippen LogP contribution in [0.4, 0.5) is 5.69 Å². The van der Waals surface area contributed by atoms with Crippen molar-refractivity contribution < 1.29 is 45.4 Å². The zero-order chi connectivity index (χ0) is 23.1.